The lowest BCUT2D eigenvalue weighted by Crippen LogP contribution is -2.60. The highest BCUT2D eigenvalue weighted by atomic mass is 16.7. The molecular formula is C24H40O11. The molecule has 0 spiro atoms. The van der Waals surface area contributed by atoms with Gasteiger partial charge < -0.3 is 49.6 Å². The minimum absolute atomic E-state index is 0.129. The van der Waals surface area contributed by atoms with E-state index in [0.29, 0.717) is 12.8 Å². The molecule has 3 aliphatic rings. The summed E-state index contributed by atoms with van der Waals surface area (Å²) in [6.07, 6.45) is -6.51. The molecule has 0 aromatic rings. The van der Waals surface area contributed by atoms with E-state index in [1.807, 2.05) is 13.8 Å². The fraction of sp³-hybridized carbons (Fsp3) is 0.875. The van der Waals surface area contributed by atoms with Gasteiger partial charge in [0.2, 0.25) is 0 Å². The first-order valence-corrected chi connectivity index (χ1v) is 12.1. The Bertz CT molecular complexity index is 771. The standard InChI is InChI=1S/C24H40O11/c1-12-7-14(26)8-23(3,4)15(12)6-5-13(2)34-21-19(29)18(28)17(27)16(35-21)9-32-22-20(30)24(31,10-25)11-33-22/h7,13,15-22,25,27-31H,5-6,8-11H2,1-4H3/t13-,15+,16-,17-,18+,19-,20+,21-,22-,24-/m1/s1. The average Bonchev–Trinajstić information content (AvgIpc) is 3.06. The first-order chi connectivity index (χ1) is 16.3. The fourth-order valence-electron chi connectivity index (χ4n) is 5.20. The quantitative estimate of drug-likeness (QED) is 0.227. The second-order valence-electron chi connectivity index (χ2n) is 10.8. The molecule has 35 heavy (non-hydrogen) atoms. The zero-order valence-electron chi connectivity index (χ0n) is 20.7. The molecule has 10 atom stereocenters. The van der Waals surface area contributed by atoms with Crippen LogP contribution in [-0.4, -0.2) is 111 Å². The number of ether oxygens (including phenoxy) is 4. The first-order valence-electron chi connectivity index (χ1n) is 12.1. The van der Waals surface area contributed by atoms with Crippen LogP contribution < -0.4 is 0 Å². The van der Waals surface area contributed by atoms with Gasteiger partial charge in [0, 0.05) is 6.42 Å². The Morgan fingerprint density at radius 2 is 1.83 bits per heavy atom. The third-order valence-corrected chi connectivity index (χ3v) is 7.41. The molecule has 0 amide bonds. The molecular weight excluding hydrogens is 464 g/mol. The predicted molar refractivity (Wildman–Crippen MR) is 121 cm³/mol. The smallest absolute Gasteiger partial charge is 0.186 e. The molecule has 0 saturated carbocycles. The Kier molecular flexibility index (Phi) is 9.13. The van der Waals surface area contributed by atoms with Crippen molar-refractivity contribution in [1.82, 2.24) is 0 Å². The lowest BCUT2D eigenvalue weighted by Gasteiger charge is -2.42. The number of hydrogen-bond donors (Lipinski definition) is 6. The molecule has 11 nitrogen and oxygen atoms in total. The Morgan fingerprint density at radius 3 is 2.43 bits per heavy atom. The van der Waals surface area contributed by atoms with Crippen molar-refractivity contribution in [3.8, 4) is 0 Å². The lowest BCUT2D eigenvalue weighted by atomic mass is 9.66. The van der Waals surface area contributed by atoms with Crippen LogP contribution in [0, 0.1) is 11.3 Å². The van der Waals surface area contributed by atoms with Crippen LogP contribution in [0.4, 0.5) is 0 Å². The summed E-state index contributed by atoms with van der Waals surface area (Å²) in [5.74, 6) is 0.330. The molecule has 3 rings (SSSR count). The van der Waals surface area contributed by atoms with Gasteiger partial charge in [-0.1, -0.05) is 19.4 Å². The molecule has 11 heteroatoms. The third kappa shape index (κ3) is 6.30. The summed E-state index contributed by atoms with van der Waals surface area (Å²) in [6.45, 7) is 6.51. The van der Waals surface area contributed by atoms with Gasteiger partial charge in [0.1, 0.15) is 36.1 Å². The van der Waals surface area contributed by atoms with Gasteiger partial charge in [0.25, 0.3) is 0 Å². The molecule has 0 aromatic carbocycles. The molecule has 0 radical (unpaired) electrons. The van der Waals surface area contributed by atoms with Gasteiger partial charge >= 0.3 is 0 Å². The third-order valence-electron chi connectivity index (χ3n) is 7.41. The molecule has 0 aromatic heterocycles. The largest absolute Gasteiger partial charge is 0.393 e. The molecule has 2 aliphatic heterocycles. The van der Waals surface area contributed by atoms with Crippen LogP contribution in [0.15, 0.2) is 11.6 Å². The molecule has 1 aliphatic carbocycles. The number of aliphatic hydroxyl groups is 6. The zero-order valence-corrected chi connectivity index (χ0v) is 20.7. The van der Waals surface area contributed by atoms with Crippen molar-refractivity contribution >= 4 is 5.78 Å². The second kappa shape index (κ2) is 11.2. The van der Waals surface area contributed by atoms with Crippen molar-refractivity contribution in [1.29, 1.82) is 0 Å². The maximum absolute atomic E-state index is 11.9. The van der Waals surface area contributed by atoms with Crippen LogP contribution in [0.5, 0.6) is 0 Å². The van der Waals surface area contributed by atoms with Crippen molar-refractivity contribution in [3.05, 3.63) is 11.6 Å². The van der Waals surface area contributed by atoms with Crippen molar-refractivity contribution in [2.75, 3.05) is 19.8 Å². The van der Waals surface area contributed by atoms with Crippen molar-refractivity contribution in [2.45, 2.75) is 102 Å². The second-order valence-corrected chi connectivity index (χ2v) is 10.8. The summed E-state index contributed by atoms with van der Waals surface area (Å²) < 4.78 is 22.1. The van der Waals surface area contributed by atoms with E-state index < -0.39 is 55.3 Å². The minimum Gasteiger partial charge on any atom is -0.393 e. The van der Waals surface area contributed by atoms with E-state index in [1.54, 1.807) is 6.08 Å². The molecule has 2 saturated heterocycles. The van der Waals surface area contributed by atoms with E-state index in [1.165, 1.54) is 0 Å². The number of aliphatic hydroxyl groups excluding tert-OH is 5. The first kappa shape index (κ1) is 28.6. The maximum Gasteiger partial charge on any atom is 0.186 e. The molecule has 202 valence electrons. The Labute approximate surface area is 205 Å². The number of allylic oxidation sites excluding steroid dienone is 2. The van der Waals surface area contributed by atoms with E-state index in [4.69, 9.17) is 18.9 Å². The highest BCUT2D eigenvalue weighted by molar-refractivity contribution is 5.91. The van der Waals surface area contributed by atoms with Gasteiger partial charge in [-0.15, -0.1) is 0 Å². The SMILES string of the molecule is CC1=CC(=O)CC(C)(C)[C@H]1CC[C@@H](C)O[C@@H]1O[C@H](CO[C@@H]2OC[C@](O)(CO)[C@H]2O)[C@@H](O)[C@H](O)[C@H]1O. The summed E-state index contributed by atoms with van der Waals surface area (Å²) in [4.78, 5) is 11.9. The lowest BCUT2D eigenvalue weighted by molar-refractivity contribution is -0.318. The molecule has 2 heterocycles. The van der Waals surface area contributed by atoms with E-state index in [2.05, 4.69) is 13.8 Å². The monoisotopic (exact) mass is 504 g/mol. The van der Waals surface area contributed by atoms with Crippen LogP contribution in [-0.2, 0) is 23.7 Å². The van der Waals surface area contributed by atoms with E-state index in [0.717, 1.165) is 12.0 Å². The predicted octanol–water partition coefficient (Wildman–Crippen LogP) is -1.00. The van der Waals surface area contributed by atoms with Gasteiger partial charge in [-0.2, -0.15) is 0 Å². The highest BCUT2D eigenvalue weighted by Crippen LogP contribution is 2.42. The Balaban J connectivity index is 1.55. The molecule has 2 fully saturated rings. The number of ketones is 1. The Hall–Kier alpha value is -0.990. The highest BCUT2D eigenvalue weighted by Gasteiger charge is 2.50. The number of carbonyl (C=O) groups excluding carboxylic acids is 1. The topological polar surface area (TPSA) is 175 Å². The number of rotatable bonds is 9. The van der Waals surface area contributed by atoms with Crippen LogP contribution in [0.3, 0.4) is 0 Å². The van der Waals surface area contributed by atoms with Crippen molar-refractivity contribution < 1.29 is 54.4 Å². The van der Waals surface area contributed by atoms with Crippen LogP contribution in [0.2, 0.25) is 0 Å². The summed E-state index contributed by atoms with van der Waals surface area (Å²) in [6, 6.07) is 0. The van der Waals surface area contributed by atoms with Crippen LogP contribution >= 0.6 is 0 Å². The van der Waals surface area contributed by atoms with Crippen molar-refractivity contribution in [3.63, 3.8) is 0 Å². The maximum atomic E-state index is 11.9. The summed E-state index contributed by atoms with van der Waals surface area (Å²) in [7, 11) is 0. The average molecular weight is 505 g/mol. The normalized spacial score (nSPS) is 42.7. The summed E-state index contributed by atoms with van der Waals surface area (Å²) >= 11 is 0. The van der Waals surface area contributed by atoms with Gasteiger partial charge in [0.15, 0.2) is 18.4 Å². The van der Waals surface area contributed by atoms with Crippen LogP contribution in [0.25, 0.3) is 0 Å². The van der Waals surface area contributed by atoms with Gasteiger partial charge in [-0.25, -0.2) is 0 Å². The van der Waals surface area contributed by atoms with Crippen molar-refractivity contribution in [2.24, 2.45) is 11.3 Å². The van der Waals surface area contributed by atoms with E-state index in [9.17, 15) is 35.4 Å². The van der Waals surface area contributed by atoms with Gasteiger partial charge in [-0.3, -0.25) is 4.79 Å². The van der Waals surface area contributed by atoms with E-state index in [-0.39, 0.29) is 36.4 Å². The summed E-state index contributed by atoms with van der Waals surface area (Å²) in [5.41, 5.74) is -0.997. The molecule has 0 bridgehead atoms. The van der Waals surface area contributed by atoms with Gasteiger partial charge in [-0.05, 0) is 44.1 Å². The molecule has 6 N–H and O–H groups in total. The minimum atomic E-state index is -1.86. The molecule has 0 unspecified atom stereocenters. The van der Waals surface area contributed by atoms with Crippen LogP contribution in [0.1, 0.15) is 47.0 Å². The van der Waals surface area contributed by atoms with E-state index >= 15 is 0 Å². The Morgan fingerprint density at radius 1 is 1.14 bits per heavy atom. The number of carbonyl (C=O) groups is 1. The fourth-order valence-corrected chi connectivity index (χ4v) is 5.20. The zero-order chi connectivity index (χ0) is 26.1. The van der Waals surface area contributed by atoms with Gasteiger partial charge in [0.05, 0.1) is 25.9 Å². The number of hydrogen-bond acceptors (Lipinski definition) is 11. The summed E-state index contributed by atoms with van der Waals surface area (Å²) in [5, 5.41) is 60.4.